The summed E-state index contributed by atoms with van der Waals surface area (Å²) in [6, 6.07) is 7.66. The lowest BCUT2D eigenvalue weighted by molar-refractivity contribution is 0.341. The minimum atomic E-state index is -3.18. The Morgan fingerprint density at radius 1 is 1.28 bits per heavy atom. The Labute approximate surface area is 109 Å². The van der Waals surface area contributed by atoms with Crippen LogP contribution < -0.4 is 4.74 Å². The fourth-order valence-electron chi connectivity index (χ4n) is 1.43. The van der Waals surface area contributed by atoms with Crippen LogP contribution in [-0.4, -0.2) is 26.5 Å². The van der Waals surface area contributed by atoms with Gasteiger partial charge in [0.15, 0.2) is 9.84 Å². The van der Waals surface area contributed by atoms with Gasteiger partial charge in [0, 0.05) is 0 Å². The summed E-state index contributed by atoms with van der Waals surface area (Å²) < 4.78 is 28.1. The lowest BCUT2D eigenvalue weighted by Gasteiger charge is -2.08. The standard InChI is InChI=1S/C14H18O3S/c1-4-10-18(15,16)11-9-17-14-7-5-13(6-8-14)12(2)3/h1,5-8,12H,9-11H2,2-3H3. The predicted molar refractivity (Wildman–Crippen MR) is 73.5 cm³/mol. The van der Waals surface area contributed by atoms with Gasteiger partial charge in [-0.25, -0.2) is 8.42 Å². The molecule has 0 spiro atoms. The average molecular weight is 266 g/mol. The summed E-state index contributed by atoms with van der Waals surface area (Å²) in [5, 5.41) is 0. The molecule has 3 nitrogen and oxygen atoms in total. The second-order valence-corrected chi connectivity index (χ2v) is 6.55. The highest BCUT2D eigenvalue weighted by atomic mass is 32.2. The number of hydrogen-bond donors (Lipinski definition) is 0. The molecule has 0 unspecified atom stereocenters. The number of benzene rings is 1. The summed E-state index contributed by atoms with van der Waals surface area (Å²) in [4.78, 5) is 0. The number of rotatable bonds is 6. The third-order valence-corrected chi connectivity index (χ3v) is 3.91. The predicted octanol–water partition coefficient (Wildman–Crippen LogP) is 2.24. The van der Waals surface area contributed by atoms with E-state index in [4.69, 9.17) is 11.2 Å². The van der Waals surface area contributed by atoms with Crippen molar-refractivity contribution in [1.29, 1.82) is 0 Å². The molecule has 0 radical (unpaired) electrons. The zero-order valence-electron chi connectivity index (χ0n) is 10.7. The molecule has 0 N–H and O–H groups in total. The second kappa shape index (κ2) is 6.46. The van der Waals surface area contributed by atoms with E-state index in [9.17, 15) is 8.42 Å². The van der Waals surface area contributed by atoms with Crippen LogP contribution in [0.25, 0.3) is 0 Å². The van der Waals surface area contributed by atoms with E-state index in [1.165, 1.54) is 5.56 Å². The van der Waals surface area contributed by atoms with E-state index in [-0.39, 0.29) is 18.1 Å². The molecular weight excluding hydrogens is 248 g/mol. The van der Waals surface area contributed by atoms with Crippen LogP contribution in [-0.2, 0) is 9.84 Å². The largest absolute Gasteiger partial charge is 0.493 e. The van der Waals surface area contributed by atoms with E-state index in [0.29, 0.717) is 11.7 Å². The van der Waals surface area contributed by atoms with E-state index in [2.05, 4.69) is 19.8 Å². The number of ether oxygens (including phenoxy) is 1. The number of hydrogen-bond acceptors (Lipinski definition) is 3. The Hall–Kier alpha value is -1.47. The highest BCUT2D eigenvalue weighted by Gasteiger charge is 2.08. The quantitative estimate of drug-likeness (QED) is 0.742. The van der Waals surface area contributed by atoms with E-state index < -0.39 is 9.84 Å². The average Bonchev–Trinajstić information content (AvgIpc) is 2.29. The van der Waals surface area contributed by atoms with Crippen molar-refractivity contribution in [2.24, 2.45) is 0 Å². The van der Waals surface area contributed by atoms with Crippen molar-refractivity contribution in [3.63, 3.8) is 0 Å². The van der Waals surface area contributed by atoms with Gasteiger partial charge in [0.05, 0.1) is 5.75 Å². The van der Waals surface area contributed by atoms with Gasteiger partial charge in [-0.2, -0.15) is 0 Å². The van der Waals surface area contributed by atoms with Crippen LogP contribution in [0.3, 0.4) is 0 Å². The van der Waals surface area contributed by atoms with Gasteiger partial charge < -0.3 is 4.74 Å². The Morgan fingerprint density at radius 2 is 1.89 bits per heavy atom. The molecule has 0 aromatic heterocycles. The Balaban J connectivity index is 2.48. The van der Waals surface area contributed by atoms with Crippen molar-refractivity contribution < 1.29 is 13.2 Å². The summed E-state index contributed by atoms with van der Waals surface area (Å²) >= 11 is 0. The zero-order chi connectivity index (χ0) is 13.6. The topological polar surface area (TPSA) is 43.4 Å². The van der Waals surface area contributed by atoms with E-state index in [1.807, 2.05) is 24.3 Å². The van der Waals surface area contributed by atoms with Crippen molar-refractivity contribution in [3.8, 4) is 18.1 Å². The molecule has 1 aromatic carbocycles. The minimum absolute atomic E-state index is 0.0524. The smallest absolute Gasteiger partial charge is 0.164 e. The van der Waals surface area contributed by atoms with Gasteiger partial charge in [0.2, 0.25) is 0 Å². The van der Waals surface area contributed by atoms with Crippen LogP contribution in [0.2, 0.25) is 0 Å². The summed E-state index contributed by atoms with van der Waals surface area (Å²) in [5.74, 6) is 2.99. The Morgan fingerprint density at radius 3 is 2.39 bits per heavy atom. The maximum absolute atomic E-state index is 11.3. The Bertz CT molecular complexity index is 507. The lowest BCUT2D eigenvalue weighted by Crippen LogP contribution is -2.16. The minimum Gasteiger partial charge on any atom is -0.493 e. The molecule has 0 aliphatic rings. The first-order valence-electron chi connectivity index (χ1n) is 5.81. The van der Waals surface area contributed by atoms with Crippen LogP contribution in [0.4, 0.5) is 0 Å². The molecule has 18 heavy (non-hydrogen) atoms. The maximum atomic E-state index is 11.3. The third-order valence-electron chi connectivity index (χ3n) is 2.51. The highest BCUT2D eigenvalue weighted by molar-refractivity contribution is 7.91. The molecule has 4 heteroatoms. The molecule has 0 fully saturated rings. The van der Waals surface area contributed by atoms with Crippen LogP contribution in [0.15, 0.2) is 24.3 Å². The van der Waals surface area contributed by atoms with Crippen molar-refractivity contribution in [1.82, 2.24) is 0 Å². The first-order chi connectivity index (χ1) is 8.44. The molecule has 0 bridgehead atoms. The maximum Gasteiger partial charge on any atom is 0.164 e. The number of sulfone groups is 1. The monoisotopic (exact) mass is 266 g/mol. The van der Waals surface area contributed by atoms with E-state index >= 15 is 0 Å². The van der Waals surface area contributed by atoms with Gasteiger partial charge >= 0.3 is 0 Å². The molecule has 0 saturated heterocycles. The molecule has 98 valence electrons. The fourth-order valence-corrected chi connectivity index (χ4v) is 2.17. The van der Waals surface area contributed by atoms with Crippen LogP contribution in [0.5, 0.6) is 5.75 Å². The zero-order valence-corrected chi connectivity index (χ0v) is 11.5. The molecule has 0 aliphatic heterocycles. The lowest BCUT2D eigenvalue weighted by atomic mass is 10.0. The first-order valence-corrected chi connectivity index (χ1v) is 7.63. The van der Waals surface area contributed by atoms with Gasteiger partial charge in [-0.15, -0.1) is 6.42 Å². The molecule has 0 atom stereocenters. The van der Waals surface area contributed by atoms with E-state index in [1.54, 1.807) is 0 Å². The van der Waals surface area contributed by atoms with Crippen LogP contribution in [0.1, 0.15) is 25.3 Å². The van der Waals surface area contributed by atoms with Crippen molar-refractivity contribution in [3.05, 3.63) is 29.8 Å². The van der Waals surface area contributed by atoms with Crippen molar-refractivity contribution >= 4 is 9.84 Å². The fraction of sp³-hybridized carbons (Fsp3) is 0.429. The van der Waals surface area contributed by atoms with Crippen LogP contribution in [0, 0.1) is 12.3 Å². The molecule has 1 aromatic rings. The third kappa shape index (κ3) is 4.80. The molecule has 0 heterocycles. The van der Waals surface area contributed by atoms with Gasteiger partial charge in [-0.1, -0.05) is 31.9 Å². The normalized spacial score (nSPS) is 11.2. The first kappa shape index (κ1) is 14.6. The summed E-state index contributed by atoms with van der Waals surface area (Å²) in [5.41, 5.74) is 1.22. The van der Waals surface area contributed by atoms with Crippen molar-refractivity contribution in [2.45, 2.75) is 19.8 Å². The highest BCUT2D eigenvalue weighted by Crippen LogP contribution is 2.18. The molecular formula is C14H18O3S. The molecule has 1 rings (SSSR count). The van der Waals surface area contributed by atoms with Gasteiger partial charge in [-0.05, 0) is 23.6 Å². The van der Waals surface area contributed by atoms with Gasteiger partial charge in [0.1, 0.15) is 18.1 Å². The Kier molecular flexibility index (Phi) is 5.24. The second-order valence-electron chi connectivity index (χ2n) is 4.37. The van der Waals surface area contributed by atoms with Gasteiger partial charge in [-0.3, -0.25) is 0 Å². The SMILES string of the molecule is C#CCS(=O)(=O)CCOc1ccc(C(C)C)cc1. The summed E-state index contributed by atoms with van der Waals surface area (Å²) in [7, 11) is -3.18. The van der Waals surface area contributed by atoms with E-state index in [0.717, 1.165) is 0 Å². The van der Waals surface area contributed by atoms with Crippen molar-refractivity contribution in [2.75, 3.05) is 18.1 Å². The van der Waals surface area contributed by atoms with Gasteiger partial charge in [0.25, 0.3) is 0 Å². The molecule has 0 amide bonds. The molecule has 0 saturated carbocycles. The van der Waals surface area contributed by atoms with Crippen LogP contribution >= 0.6 is 0 Å². The summed E-state index contributed by atoms with van der Waals surface area (Å²) in [6.45, 7) is 4.36. The summed E-state index contributed by atoms with van der Waals surface area (Å²) in [6.07, 6.45) is 4.97. The molecule has 0 aliphatic carbocycles. The number of terminal acetylenes is 1.